The Bertz CT molecular complexity index is 480. The van der Waals surface area contributed by atoms with Gasteiger partial charge in [0.25, 0.3) is 0 Å². The maximum atomic E-state index is 3.82. The van der Waals surface area contributed by atoms with Crippen molar-refractivity contribution < 1.29 is 0 Å². The number of rotatable bonds is 2. The number of hydrogen-bond acceptors (Lipinski definition) is 1. The molecule has 1 aromatic carbocycles. The molecule has 0 aliphatic heterocycles. The van der Waals surface area contributed by atoms with Crippen molar-refractivity contribution >= 4 is 31.9 Å². The molecule has 1 aliphatic rings. The molecule has 3 heteroatoms. The predicted molar refractivity (Wildman–Crippen MR) is 89.7 cm³/mol. The van der Waals surface area contributed by atoms with Crippen molar-refractivity contribution in [3.63, 3.8) is 0 Å². The molecular formula is C16H23Br2N. The Kier molecular flexibility index (Phi) is 4.79. The molecule has 19 heavy (non-hydrogen) atoms. The summed E-state index contributed by atoms with van der Waals surface area (Å²) in [4.78, 5) is 0. The molecule has 0 heterocycles. The van der Waals surface area contributed by atoms with Gasteiger partial charge in [0.15, 0.2) is 0 Å². The van der Waals surface area contributed by atoms with Gasteiger partial charge in [-0.15, -0.1) is 0 Å². The van der Waals surface area contributed by atoms with E-state index >= 15 is 0 Å². The third-order valence-corrected chi connectivity index (χ3v) is 5.91. The first-order valence-electron chi connectivity index (χ1n) is 7.06. The monoisotopic (exact) mass is 387 g/mol. The van der Waals surface area contributed by atoms with E-state index in [0.717, 1.165) is 13.0 Å². The fraction of sp³-hybridized carbons (Fsp3) is 0.625. The highest BCUT2D eigenvalue weighted by Crippen LogP contribution is 2.45. The molecule has 1 unspecified atom stereocenters. The summed E-state index contributed by atoms with van der Waals surface area (Å²) in [5, 5.41) is 3.68. The van der Waals surface area contributed by atoms with Crippen LogP contribution in [0.4, 0.5) is 0 Å². The Morgan fingerprint density at radius 3 is 2.68 bits per heavy atom. The molecule has 0 spiro atoms. The largest absolute Gasteiger partial charge is 0.310 e. The second-order valence-electron chi connectivity index (χ2n) is 6.36. The second kappa shape index (κ2) is 5.87. The standard InChI is InChI=1S/C16H23Br2N/c1-5-19-13-9-16(3,4)7-6-11-12(17)8-10(2)15(18)14(11)13/h8,13,19H,5-7,9H2,1-4H3. The summed E-state index contributed by atoms with van der Waals surface area (Å²) in [7, 11) is 0. The predicted octanol–water partition coefficient (Wildman–Crippen LogP) is 5.53. The quantitative estimate of drug-likeness (QED) is 0.656. The first-order valence-corrected chi connectivity index (χ1v) is 8.65. The minimum atomic E-state index is 0.388. The van der Waals surface area contributed by atoms with E-state index in [1.54, 1.807) is 0 Å². The molecule has 0 radical (unpaired) electrons. The minimum absolute atomic E-state index is 0.388. The zero-order valence-corrected chi connectivity index (χ0v) is 15.4. The Morgan fingerprint density at radius 2 is 2.05 bits per heavy atom. The lowest BCUT2D eigenvalue weighted by Crippen LogP contribution is -2.26. The van der Waals surface area contributed by atoms with Crippen LogP contribution in [-0.4, -0.2) is 6.54 Å². The molecule has 0 saturated heterocycles. The summed E-state index contributed by atoms with van der Waals surface area (Å²) in [6.45, 7) is 10.2. The number of fused-ring (bicyclic) bond motifs is 1. The van der Waals surface area contributed by atoms with Crippen molar-refractivity contribution in [2.24, 2.45) is 5.41 Å². The van der Waals surface area contributed by atoms with Gasteiger partial charge in [-0.25, -0.2) is 0 Å². The summed E-state index contributed by atoms with van der Waals surface area (Å²) >= 11 is 7.59. The van der Waals surface area contributed by atoms with Crippen LogP contribution in [0.15, 0.2) is 15.0 Å². The first kappa shape index (κ1) is 15.5. The van der Waals surface area contributed by atoms with E-state index in [1.807, 2.05) is 0 Å². The van der Waals surface area contributed by atoms with Crippen molar-refractivity contribution in [2.75, 3.05) is 6.54 Å². The van der Waals surface area contributed by atoms with Gasteiger partial charge < -0.3 is 5.32 Å². The summed E-state index contributed by atoms with van der Waals surface area (Å²) in [5.74, 6) is 0. The zero-order chi connectivity index (χ0) is 14.2. The van der Waals surface area contributed by atoms with Crippen LogP contribution in [0, 0.1) is 12.3 Å². The summed E-state index contributed by atoms with van der Waals surface area (Å²) in [6.07, 6.45) is 3.60. The average molecular weight is 389 g/mol. The second-order valence-corrected chi connectivity index (χ2v) is 8.01. The third-order valence-electron chi connectivity index (χ3n) is 4.15. The van der Waals surface area contributed by atoms with Gasteiger partial charge in [-0.2, -0.15) is 0 Å². The maximum absolute atomic E-state index is 3.82. The van der Waals surface area contributed by atoms with E-state index in [-0.39, 0.29) is 0 Å². The molecular weight excluding hydrogens is 366 g/mol. The van der Waals surface area contributed by atoms with E-state index in [4.69, 9.17) is 0 Å². The lowest BCUT2D eigenvalue weighted by Gasteiger charge is -2.28. The van der Waals surface area contributed by atoms with Crippen LogP contribution < -0.4 is 5.32 Å². The molecule has 1 N–H and O–H groups in total. The molecule has 1 nitrogen and oxygen atoms in total. The summed E-state index contributed by atoms with van der Waals surface area (Å²) < 4.78 is 2.55. The van der Waals surface area contributed by atoms with Gasteiger partial charge in [0.05, 0.1) is 0 Å². The fourth-order valence-corrected chi connectivity index (χ4v) is 4.46. The van der Waals surface area contributed by atoms with Crippen molar-refractivity contribution in [1.82, 2.24) is 5.32 Å². The van der Waals surface area contributed by atoms with Crippen LogP contribution in [0.25, 0.3) is 0 Å². The number of halogens is 2. The highest BCUT2D eigenvalue weighted by atomic mass is 79.9. The van der Waals surface area contributed by atoms with Gasteiger partial charge in [0, 0.05) is 15.0 Å². The minimum Gasteiger partial charge on any atom is -0.310 e. The van der Waals surface area contributed by atoms with Crippen LogP contribution in [0.1, 0.15) is 56.3 Å². The Morgan fingerprint density at radius 1 is 1.37 bits per heavy atom. The molecule has 0 amide bonds. The smallest absolute Gasteiger partial charge is 0.0339 e. The van der Waals surface area contributed by atoms with Crippen LogP contribution in [0.2, 0.25) is 0 Å². The highest BCUT2D eigenvalue weighted by Gasteiger charge is 2.31. The van der Waals surface area contributed by atoms with Crippen molar-refractivity contribution in [2.45, 2.75) is 53.0 Å². The third kappa shape index (κ3) is 3.25. The summed E-state index contributed by atoms with van der Waals surface area (Å²) in [5.41, 5.74) is 4.65. The van der Waals surface area contributed by atoms with E-state index in [0.29, 0.717) is 11.5 Å². The van der Waals surface area contributed by atoms with Crippen molar-refractivity contribution in [3.05, 3.63) is 31.7 Å². The molecule has 106 valence electrons. The van der Waals surface area contributed by atoms with Crippen molar-refractivity contribution in [3.8, 4) is 0 Å². The number of aryl methyl sites for hydroxylation is 1. The maximum Gasteiger partial charge on any atom is 0.0339 e. The van der Waals surface area contributed by atoms with Crippen LogP contribution >= 0.6 is 31.9 Å². The Labute approximate surface area is 133 Å². The van der Waals surface area contributed by atoms with Crippen LogP contribution in [0.5, 0.6) is 0 Å². The van der Waals surface area contributed by atoms with Gasteiger partial charge in [-0.3, -0.25) is 0 Å². The highest BCUT2D eigenvalue weighted by molar-refractivity contribution is 9.11. The van der Waals surface area contributed by atoms with Gasteiger partial charge in [0.2, 0.25) is 0 Å². The SMILES string of the molecule is CCNC1CC(C)(C)CCc2c(Br)cc(C)c(Br)c21. The molecule has 1 aromatic rings. The van der Waals surface area contributed by atoms with Gasteiger partial charge in [-0.05, 0) is 60.9 Å². The van der Waals surface area contributed by atoms with Crippen LogP contribution in [0.3, 0.4) is 0 Å². The van der Waals surface area contributed by atoms with E-state index in [1.165, 1.54) is 38.5 Å². The van der Waals surface area contributed by atoms with Gasteiger partial charge in [-0.1, -0.05) is 52.6 Å². The number of hydrogen-bond donors (Lipinski definition) is 1. The lowest BCUT2D eigenvalue weighted by molar-refractivity contribution is 0.275. The zero-order valence-electron chi connectivity index (χ0n) is 12.2. The van der Waals surface area contributed by atoms with Gasteiger partial charge in [0.1, 0.15) is 0 Å². The molecule has 2 rings (SSSR count). The van der Waals surface area contributed by atoms with E-state index in [2.05, 4.69) is 70.9 Å². The molecule has 0 aromatic heterocycles. The fourth-order valence-electron chi connectivity index (χ4n) is 3.07. The topological polar surface area (TPSA) is 12.0 Å². The summed E-state index contributed by atoms with van der Waals surface area (Å²) in [6, 6.07) is 2.69. The Hall–Kier alpha value is 0.140. The van der Waals surface area contributed by atoms with Gasteiger partial charge >= 0.3 is 0 Å². The van der Waals surface area contributed by atoms with Crippen molar-refractivity contribution in [1.29, 1.82) is 0 Å². The normalized spacial score (nSPS) is 21.9. The molecule has 0 bridgehead atoms. The van der Waals surface area contributed by atoms with Crippen LogP contribution in [-0.2, 0) is 6.42 Å². The Balaban J connectivity index is 2.57. The number of benzene rings is 1. The molecule has 1 aliphatic carbocycles. The first-order chi connectivity index (χ1) is 8.85. The average Bonchev–Trinajstić information content (AvgIpc) is 2.43. The molecule has 0 fully saturated rings. The van der Waals surface area contributed by atoms with E-state index < -0.39 is 0 Å². The number of nitrogens with one attached hydrogen (secondary N) is 1. The lowest BCUT2D eigenvalue weighted by atomic mass is 9.83. The molecule has 0 saturated carbocycles. The van der Waals surface area contributed by atoms with E-state index in [9.17, 15) is 0 Å². The molecule has 1 atom stereocenters.